The second kappa shape index (κ2) is 7.90. The summed E-state index contributed by atoms with van der Waals surface area (Å²) in [5.41, 5.74) is 0. The molecule has 0 saturated carbocycles. The highest BCUT2D eigenvalue weighted by Gasteiger charge is 2.39. The molecule has 0 unspecified atom stereocenters. The second-order valence-corrected chi connectivity index (χ2v) is 6.88. The lowest BCUT2D eigenvalue weighted by Crippen LogP contribution is -2.57. The predicted octanol–water partition coefficient (Wildman–Crippen LogP) is -0.569. The fourth-order valence-corrected chi connectivity index (χ4v) is 3.92. The van der Waals surface area contributed by atoms with Crippen molar-refractivity contribution in [2.75, 3.05) is 33.2 Å². The Bertz CT molecular complexity index is 617. The molecule has 2 amide bonds. The van der Waals surface area contributed by atoms with Crippen molar-refractivity contribution in [3.05, 3.63) is 5.82 Å². The van der Waals surface area contributed by atoms with E-state index in [2.05, 4.69) is 20.8 Å². The van der Waals surface area contributed by atoms with Crippen molar-refractivity contribution < 1.29 is 9.59 Å². The van der Waals surface area contributed by atoms with Gasteiger partial charge in [0.25, 0.3) is 0 Å². The molecule has 0 aliphatic carbocycles. The SMILES string of the molecule is CNCCN1C(=O)CC[C@H]2CN(C(=O)CCn3nnnc3C)CC[C@H]21. The van der Waals surface area contributed by atoms with Crippen molar-refractivity contribution in [3.8, 4) is 0 Å². The van der Waals surface area contributed by atoms with Gasteiger partial charge in [0.05, 0.1) is 6.54 Å². The van der Waals surface area contributed by atoms with E-state index >= 15 is 0 Å². The number of likely N-dealkylation sites (tertiary alicyclic amines) is 2. The van der Waals surface area contributed by atoms with E-state index in [-0.39, 0.29) is 17.9 Å². The van der Waals surface area contributed by atoms with Gasteiger partial charge in [0.15, 0.2) is 0 Å². The number of aromatic nitrogens is 4. The van der Waals surface area contributed by atoms with Crippen LogP contribution in [0.25, 0.3) is 0 Å². The summed E-state index contributed by atoms with van der Waals surface area (Å²) in [6.45, 7) is 5.37. The molecule has 9 nitrogen and oxygen atoms in total. The van der Waals surface area contributed by atoms with Crippen LogP contribution < -0.4 is 5.32 Å². The Morgan fingerprint density at radius 3 is 2.88 bits per heavy atom. The van der Waals surface area contributed by atoms with Crippen LogP contribution in [0.1, 0.15) is 31.5 Å². The molecule has 0 aromatic carbocycles. The minimum absolute atomic E-state index is 0.145. The zero-order valence-corrected chi connectivity index (χ0v) is 15.0. The zero-order chi connectivity index (χ0) is 17.8. The third-order valence-electron chi connectivity index (χ3n) is 5.35. The number of tetrazole rings is 1. The zero-order valence-electron chi connectivity index (χ0n) is 15.0. The first-order valence-electron chi connectivity index (χ1n) is 9.04. The van der Waals surface area contributed by atoms with E-state index in [0.29, 0.717) is 25.3 Å². The van der Waals surface area contributed by atoms with Crippen molar-refractivity contribution in [1.82, 2.24) is 35.3 Å². The first-order valence-corrected chi connectivity index (χ1v) is 9.04. The van der Waals surface area contributed by atoms with Crippen LogP contribution in [0.2, 0.25) is 0 Å². The molecule has 2 atom stereocenters. The number of hydrogen-bond acceptors (Lipinski definition) is 6. The van der Waals surface area contributed by atoms with Gasteiger partial charge in [0.1, 0.15) is 5.82 Å². The van der Waals surface area contributed by atoms with Crippen LogP contribution in [0.15, 0.2) is 0 Å². The van der Waals surface area contributed by atoms with Gasteiger partial charge in [0, 0.05) is 45.1 Å². The van der Waals surface area contributed by atoms with E-state index in [1.54, 1.807) is 4.68 Å². The number of carbonyl (C=O) groups is 2. The molecule has 1 aromatic heterocycles. The molecule has 0 spiro atoms. The number of nitrogens with zero attached hydrogens (tertiary/aromatic N) is 6. The molecule has 9 heteroatoms. The van der Waals surface area contributed by atoms with E-state index in [9.17, 15) is 9.59 Å². The largest absolute Gasteiger partial charge is 0.342 e. The predicted molar refractivity (Wildman–Crippen MR) is 90.5 cm³/mol. The summed E-state index contributed by atoms with van der Waals surface area (Å²) < 4.78 is 1.66. The van der Waals surface area contributed by atoms with Crippen LogP contribution >= 0.6 is 0 Å². The lowest BCUT2D eigenvalue weighted by molar-refractivity contribution is -0.144. The van der Waals surface area contributed by atoms with E-state index < -0.39 is 0 Å². The Kier molecular flexibility index (Phi) is 5.62. The molecule has 1 N–H and O–H groups in total. The third-order valence-corrected chi connectivity index (χ3v) is 5.35. The monoisotopic (exact) mass is 349 g/mol. The van der Waals surface area contributed by atoms with Gasteiger partial charge in [-0.3, -0.25) is 9.59 Å². The van der Waals surface area contributed by atoms with Crippen molar-refractivity contribution in [2.24, 2.45) is 5.92 Å². The Morgan fingerprint density at radius 1 is 1.32 bits per heavy atom. The molecule has 138 valence electrons. The highest BCUT2D eigenvalue weighted by atomic mass is 16.2. The van der Waals surface area contributed by atoms with Gasteiger partial charge in [-0.25, -0.2) is 4.68 Å². The number of hydrogen-bond donors (Lipinski definition) is 1. The van der Waals surface area contributed by atoms with E-state index in [1.165, 1.54) is 0 Å². The number of nitrogens with one attached hydrogen (secondary N) is 1. The summed E-state index contributed by atoms with van der Waals surface area (Å²) in [5.74, 6) is 1.51. The topological polar surface area (TPSA) is 96.2 Å². The minimum Gasteiger partial charge on any atom is -0.342 e. The Labute approximate surface area is 147 Å². The van der Waals surface area contributed by atoms with Gasteiger partial charge in [0.2, 0.25) is 11.8 Å². The van der Waals surface area contributed by atoms with Crippen LogP contribution in [-0.2, 0) is 16.1 Å². The summed E-state index contributed by atoms with van der Waals surface area (Å²) in [4.78, 5) is 28.8. The van der Waals surface area contributed by atoms with Gasteiger partial charge in [-0.05, 0) is 43.2 Å². The lowest BCUT2D eigenvalue weighted by atomic mass is 9.83. The number of fused-ring (bicyclic) bond motifs is 1. The molecule has 2 aliphatic heterocycles. The van der Waals surface area contributed by atoms with E-state index in [0.717, 1.165) is 44.8 Å². The minimum atomic E-state index is 0.145. The molecule has 1 aromatic rings. The van der Waals surface area contributed by atoms with Gasteiger partial charge in [-0.15, -0.1) is 5.10 Å². The van der Waals surface area contributed by atoms with Crippen molar-refractivity contribution in [1.29, 1.82) is 0 Å². The summed E-state index contributed by atoms with van der Waals surface area (Å²) >= 11 is 0. The van der Waals surface area contributed by atoms with Crippen LogP contribution in [0.5, 0.6) is 0 Å². The Morgan fingerprint density at radius 2 is 2.16 bits per heavy atom. The second-order valence-electron chi connectivity index (χ2n) is 6.88. The molecule has 0 radical (unpaired) electrons. The number of likely N-dealkylation sites (N-methyl/N-ethyl adjacent to an activating group) is 1. The van der Waals surface area contributed by atoms with E-state index in [1.807, 2.05) is 23.8 Å². The molecule has 0 bridgehead atoms. The highest BCUT2D eigenvalue weighted by Crippen LogP contribution is 2.31. The van der Waals surface area contributed by atoms with Crippen LogP contribution in [0, 0.1) is 12.8 Å². The summed E-state index contributed by atoms with van der Waals surface area (Å²) in [6.07, 6.45) is 2.76. The molecule has 2 fully saturated rings. The Hall–Kier alpha value is -2.03. The third kappa shape index (κ3) is 3.97. The summed E-state index contributed by atoms with van der Waals surface area (Å²) in [7, 11) is 1.90. The molecular formula is C16H27N7O2. The quantitative estimate of drug-likeness (QED) is 0.739. The Balaban J connectivity index is 1.54. The van der Waals surface area contributed by atoms with E-state index in [4.69, 9.17) is 0 Å². The number of carbonyl (C=O) groups excluding carboxylic acids is 2. The fourth-order valence-electron chi connectivity index (χ4n) is 3.92. The number of aryl methyl sites for hydroxylation is 2. The molecule has 3 rings (SSSR count). The average Bonchev–Trinajstić information content (AvgIpc) is 3.03. The number of piperidine rings is 2. The maximum atomic E-state index is 12.6. The normalized spacial score (nSPS) is 23.7. The molecule has 2 aliphatic rings. The number of rotatable bonds is 6. The van der Waals surface area contributed by atoms with Crippen molar-refractivity contribution in [3.63, 3.8) is 0 Å². The van der Waals surface area contributed by atoms with Gasteiger partial charge < -0.3 is 15.1 Å². The van der Waals surface area contributed by atoms with Crippen LogP contribution in [0.4, 0.5) is 0 Å². The van der Waals surface area contributed by atoms with Gasteiger partial charge in [-0.1, -0.05) is 0 Å². The number of amides is 2. The maximum Gasteiger partial charge on any atom is 0.224 e. The van der Waals surface area contributed by atoms with Gasteiger partial charge in [-0.2, -0.15) is 0 Å². The molecular weight excluding hydrogens is 322 g/mol. The smallest absolute Gasteiger partial charge is 0.224 e. The van der Waals surface area contributed by atoms with Crippen molar-refractivity contribution >= 4 is 11.8 Å². The molecule has 2 saturated heterocycles. The fraction of sp³-hybridized carbons (Fsp3) is 0.812. The first-order chi connectivity index (χ1) is 12.1. The van der Waals surface area contributed by atoms with Crippen molar-refractivity contribution in [2.45, 2.75) is 45.2 Å². The first kappa shape index (κ1) is 17.8. The van der Waals surface area contributed by atoms with Crippen LogP contribution in [0.3, 0.4) is 0 Å². The van der Waals surface area contributed by atoms with Crippen LogP contribution in [-0.4, -0.2) is 81.1 Å². The summed E-state index contributed by atoms with van der Waals surface area (Å²) in [5, 5.41) is 14.4. The highest BCUT2D eigenvalue weighted by molar-refractivity contribution is 5.78. The molecule has 3 heterocycles. The standard InChI is InChI=1S/C16H27N7O2/c1-12-18-19-20-23(12)9-6-15(24)21-8-5-14-13(11-21)3-4-16(25)22(14)10-7-17-2/h13-14,17H,3-11H2,1-2H3/t13-,14+/m0/s1. The maximum absolute atomic E-state index is 12.6. The van der Waals surface area contributed by atoms with Gasteiger partial charge >= 0.3 is 0 Å². The lowest BCUT2D eigenvalue weighted by Gasteiger charge is -2.47. The summed E-state index contributed by atoms with van der Waals surface area (Å²) in [6, 6.07) is 0.278. The molecule has 25 heavy (non-hydrogen) atoms. The average molecular weight is 349 g/mol.